The lowest BCUT2D eigenvalue weighted by molar-refractivity contribution is -0.143. The van der Waals surface area contributed by atoms with Gasteiger partial charge in [-0.3, -0.25) is 9.59 Å². The van der Waals surface area contributed by atoms with Crippen LogP contribution in [0.2, 0.25) is 0 Å². The van der Waals surface area contributed by atoms with Crippen molar-refractivity contribution in [2.24, 2.45) is 23.0 Å². The van der Waals surface area contributed by atoms with Crippen LogP contribution in [0.25, 0.3) is 6.08 Å². The summed E-state index contributed by atoms with van der Waals surface area (Å²) in [6.45, 7) is 11.2. The van der Waals surface area contributed by atoms with Gasteiger partial charge in [-0.25, -0.2) is 4.98 Å². The Morgan fingerprint density at radius 2 is 1.97 bits per heavy atom. The summed E-state index contributed by atoms with van der Waals surface area (Å²) in [6.07, 6.45) is 6.96. The molecule has 2 rings (SSSR count). The second-order valence-corrected chi connectivity index (χ2v) is 11.2. The van der Waals surface area contributed by atoms with Crippen molar-refractivity contribution in [1.82, 2.24) is 10.3 Å². The summed E-state index contributed by atoms with van der Waals surface area (Å²) in [6, 6.07) is -0.299. The van der Waals surface area contributed by atoms with Crippen LogP contribution in [0.5, 0.6) is 0 Å². The van der Waals surface area contributed by atoms with E-state index in [1.165, 1.54) is 11.3 Å². The number of allylic oxidation sites excluding steroid dienone is 3. The van der Waals surface area contributed by atoms with Crippen molar-refractivity contribution in [2.75, 3.05) is 0 Å². The quantitative estimate of drug-likeness (QED) is 0.498. The summed E-state index contributed by atoms with van der Waals surface area (Å²) in [5.41, 5.74) is 7.26. The Bertz CT molecular complexity index is 979. The van der Waals surface area contributed by atoms with Gasteiger partial charge < -0.3 is 21.3 Å². The summed E-state index contributed by atoms with van der Waals surface area (Å²) in [7, 11) is 0. The first kappa shape index (κ1) is 29.1. The van der Waals surface area contributed by atoms with Crippen LogP contribution in [0.4, 0.5) is 0 Å². The summed E-state index contributed by atoms with van der Waals surface area (Å²) in [5, 5.41) is 27.4. The highest BCUT2D eigenvalue weighted by Crippen LogP contribution is 2.31. The molecule has 8 heteroatoms. The first-order chi connectivity index (χ1) is 16.4. The van der Waals surface area contributed by atoms with Crippen molar-refractivity contribution in [2.45, 2.75) is 85.6 Å². The average molecular weight is 504 g/mol. The number of nitrogens with one attached hydrogen (secondary N) is 1. The number of Topliss-reactive ketones (excluding diaryl/α,β-unsaturated/α-hetero) is 1. The molecule has 1 aromatic heterocycles. The predicted octanol–water partition coefficient (Wildman–Crippen LogP) is 3.77. The van der Waals surface area contributed by atoms with E-state index < -0.39 is 23.5 Å². The fraction of sp³-hybridized carbons (Fsp3) is 0.593. The standard InChI is InChI=1S/C27H41N3O4S/c1-16-8-7-9-17(2)25(33)19(4)26(34)27(5,6)22(31)13-23(32)30-21(11-10-16)18(3)12-20-15-35-24(14-28)29-20/h7-8,10,12,15,17,19,21-22,25,31,33H,9,11,13-14,28H2,1-6H3,(H,30,32)/t17-,19+,21-,22-,25-/m0/s1. The molecule has 35 heavy (non-hydrogen) atoms. The zero-order valence-corrected chi connectivity index (χ0v) is 22.6. The molecule has 1 aliphatic rings. The zero-order chi connectivity index (χ0) is 26.3. The summed E-state index contributed by atoms with van der Waals surface area (Å²) >= 11 is 1.49. The molecular formula is C27H41N3O4S. The van der Waals surface area contributed by atoms with Gasteiger partial charge in [0.15, 0.2) is 0 Å². The first-order valence-electron chi connectivity index (χ1n) is 12.2. The largest absolute Gasteiger partial charge is 0.392 e. The van der Waals surface area contributed by atoms with E-state index in [9.17, 15) is 19.8 Å². The van der Waals surface area contributed by atoms with Crippen LogP contribution in [0.3, 0.4) is 0 Å². The third-order valence-electron chi connectivity index (χ3n) is 6.92. The van der Waals surface area contributed by atoms with Crippen LogP contribution in [0.15, 0.2) is 34.8 Å². The van der Waals surface area contributed by atoms with E-state index in [2.05, 4.69) is 16.4 Å². The van der Waals surface area contributed by atoms with Crippen molar-refractivity contribution >= 4 is 29.1 Å². The second kappa shape index (κ2) is 12.7. The van der Waals surface area contributed by atoms with E-state index >= 15 is 0 Å². The van der Waals surface area contributed by atoms with Gasteiger partial charge in [-0.05, 0) is 44.3 Å². The van der Waals surface area contributed by atoms with E-state index in [0.29, 0.717) is 19.4 Å². The highest BCUT2D eigenvalue weighted by molar-refractivity contribution is 7.09. The fourth-order valence-corrected chi connectivity index (χ4v) is 4.87. The van der Waals surface area contributed by atoms with E-state index in [0.717, 1.165) is 21.8 Å². The van der Waals surface area contributed by atoms with Crippen molar-refractivity contribution in [1.29, 1.82) is 0 Å². The van der Waals surface area contributed by atoms with Gasteiger partial charge in [-0.15, -0.1) is 11.3 Å². The van der Waals surface area contributed by atoms with Crippen LogP contribution in [0, 0.1) is 17.3 Å². The van der Waals surface area contributed by atoms with Crippen molar-refractivity contribution < 1.29 is 19.8 Å². The topological polar surface area (TPSA) is 126 Å². The molecule has 194 valence electrons. The van der Waals surface area contributed by atoms with Gasteiger partial charge in [0.25, 0.3) is 0 Å². The number of amides is 1. The number of rotatable bonds is 3. The van der Waals surface area contributed by atoms with E-state index in [1.54, 1.807) is 20.8 Å². The van der Waals surface area contributed by atoms with Crippen LogP contribution in [0.1, 0.15) is 71.5 Å². The summed E-state index contributed by atoms with van der Waals surface area (Å²) in [4.78, 5) is 30.6. The molecule has 0 radical (unpaired) electrons. The Hall–Kier alpha value is -2.13. The third kappa shape index (κ3) is 7.93. The van der Waals surface area contributed by atoms with Gasteiger partial charge in [0.05, 0.1) is 35.8 Å². The lowest BCUT2D eigenvalue weighted by Crippen LogP contribution is -2.47. The van der Waals surface area contributed by atoms with Crippen molar-refractivity contribution in [3.05, 3.63) is 45.5 Å². The third-order valence-corrected chi connectivity index (χ3v) is 7.81. The Morgan fingerprint density at radius 3 is 2.60 bits per heavy atom. The Morgan fingerprint density at radius 1 is 1.29 bits per heavy atom. The van der Waals surface area contributed by atoms with E-state index in [4.69, 9.17) is 5.73 Å². The highest BCUT2D eigenvalue weighted by Gasteiger charge is 2.42. The fourth-order valence-electron chi connectivity index (χ4n) is 4.24. The van der Waals surface area contributed by atoms with Crippen molar-refractivity contribution in [3.8, 4) is 0 Å². The van der Waals surface area contributed by atoms with E-state index in [-0.39, 0.29) is 30.1 Å². The van der Waals surface area contributed by atoms with Crippen LogP contribution in [-0.2, 0) is 16.1 Å². The number of carbonyl (C=O) groups is 2. The molecular weight excluding hydrogens is 462 g/mol. The lowest BCUT2D eigenvalue weighted by atomic mass is 9.73. The molecule has 5 atom stereocenters. The number of hydrogen-bond acceptors (Lipinski definition) is 7. The minimum absolute atomic E-state index is 0.128. The van der Waals surface area contributed by atoms with Gasteiger partial charge in [0.2, 0.25) is 5.91 Å². The molecule has 0 saturated carbocycles. The van der Waals surface area contributed by atoms with Gasteiger partial charge in [-0.2, -0.15) is 0 Å². The van der Waals surface area contributed by atoms with E-state index in [1.807, 2.05) is 44.4 Å². The number of nitrogens with two attached hydrogens (primary N) is 1. The minimum Gasteiger partial charge on any atom is -0.392 e. The number of carbonyl (C=O) groups excluding carboxylic acids is 2. The van der Waals surface area contributed by atoms with Crippen LogP contribution in [-0.4, -0.2) is 45.1 Å². The molecule has 1 amide bonds. The Kier molecular flexibility index (Phi) is 10.6. The molecule has 0 unspecified atom stereocenters. The molecule has 0 fully saturated rings. The molecule has 1 aromatic rings. The molecule has 5 N–H and O–H groups in total. The molecule has 7 nitrogen and oxygen atoms in total. The molecule has 0 saturated heterocycles. The maximum Gasteiger partial charge on any atom is 0.223 e. The van der Waals surface area contributed by atoms with Crippen LogP contribution < -0.4 is 11.1 Å². The molecule has 1 aliphatic heterocycles. The number of aromatic nitrogens is 1. The second-order valence-electron chi connectivity index (χ2n) is 10.3. The zero-order valence-electron chi connectivity index (χ0n) is 21.7. The highest BCUT2D eigenvalue weighted by atomic mass is 32.1. The normalized spacial score (nSPS) is 29.6. The summed E-state index contributed by atoms with van der Waals surface area (Å²) < 4.78 is 0. The number of hydrogen-bond donors (Lipinski definition) is 4. The Balaban J connectivity index is 2.37. The maximum absolute atomic E-state index is 13.2. The van der Waals surface area contributed by atoms with Gasteiger partial charge in [-0.1, -0.05) is 51.5 Å². The maximum atomic E-state index is 13.2. The molecule has 0 bridgehead atoms. The van der Waals surface area contributed by atoms with Gasteiger partial charge >= 0.3 is 0 Å². The molecule has 0 aliphatic carbocycles. The number of thiazole rings is 1. The van der Waals surface area contributed by atoms with Crippen LogP contribution >= 0.6 is 11.3 Å². The Labute approximate surface area is 213 Å². The smallest absolute Gasteiger partial charge is 0.223 e. The van der Waals surface area contributed by atoms with Crippen molar-refractivity contribution in [3.63, 3.8) is 0 Å². The first-order valence-corrected chi connectivity index (χ1v) is 13.1. The number of aliphatic hydroxyl groups is 2. The SMILES string of the molecule is CC1=CC[C@@H](C(C)=Cc2csc(CN)n2)NC(=O)C[C@H](O)C(C)(C)C(=O)[C@H](C)[C@@H](O)[C@@H](C)CC=C1. The summed E-state index contributed by atoms with van der Waals surface area (Å²) in [5.74, 6) is -1.38. The lowest BCUT2D eigenvalue weighted by Gasteiger charge is -2.34. The molecule has 0 spiro atoms. The number of aliphatic hydroxyl groups excluding tert-OH is 2. The predicted molar refractivity (Wildman–Crippen MR) is 141 cm³/mol. The molecule has 0 aromatic carbocycles. The average Bonchev–Trinajstić information content (AvgIpc) is 3.26. The molecule has 2 heterocycles. The monoisotopic (exact) mass is 503 g/mol. The number of nitrogens with zero attached hydrogens (tertiary/aromatic N) is 1. The van der Waals surface area contributed by atoms with Gasteiger partial charge in [0, 0.05) is 17.8 Å². The minimum atomic E-state index is -1.18. The number of ketones is 1. The van der Waals surface area contributed by atoms with Gasteiger partial charge in [0.1, 0.15) is 10.8 Å².